The highest BCUT2D eigenvalue weighted by Gasteiger charge is 2.32. The molecule has 0 bridgehead atoms. The Balaban J connectivity index is 1.47. The summed E-state index contributed by atoms with van der Waals surface area (Å²) in [5.74, 6) is -0.608. The number of hydrogen-bond acceptors (Lipinski definition) is 6. The van der Waals surface area contributed by atoms with Gasteiger partial charge in [-0.15, -0.1) is 0 Å². The second-order valence-electron chi connectivity index (χ2n) is 6.97. The van der Waals surface area contributed by atoms with Crippen molar-refractivity contribution in [1.29, 1.82) is 0 Å². The number of nitrogens with zero attached hydrogens (tertiary/aromatic N) is 4. The maximum absolute atomic E-state index is 12.8. The Morgan fingerprint density at radius 2 is 1.90 bits per heavy atom. The summed E-state index contributed by atoms with van der Waals surface area (Å²) in [4.78, 5) is 28.0. The lowest BCUT2D eigenvalue weighted by molar-refractivity contribution is -0.141. The van der Waals surface area contributed by atoms with Crippen molar-refractivity contribution >= 4 is 22.5 Å². The first-order valence-corrected chi connectivity index (χ1v) is 9.21. The number of aromatic nitrogens is 4. The van der Waals surface area contributed by atoms with Gasteiger partial charge in [0.15, 0.2) is 11.6 Å². The number of carbonyl (C=O) groups is 2. The van der Waals surface area contributed by atoms with E-state index in [1.54, 1.807) is 24.4 Å². The van der Waals surface area contributed by atoms with Crippen molar-refractivity contribution in [3.05, 3.63) is 77.6 Å². The zero-order chi connectivity index (χ0) is 22.0. The molecule has 31 heavy (non-hydrogen) atoms. The van der Waals surface area contributed by atoms with Gasteiger partial charge in [-0.05, 0) is 29.8 Å². The van der Waals surface area contributed by atoms with Gasteiger partial charge in [0.05, 0.1) is 18.3 Å². The molecule has 0 aliphatic carbocycles. The summed E-state index contributed by atoms with van der Waals surface area (Å²) in [5.41, 5.74) is 0.555. The number of benzene rings is 1. The highest BCUT2D eigenvalue weighted by atomic mass is 19.4. The van der Waals surface area contributed by atoms with Crippen molar-refractivity contribution in [2.45, 2.75) is 25.6 Å². The smallest absolute Gasteiger partial charge is 0.364 e. The van der Waals surface area contributed by atoms with Crippen LogP contribution in [-0.2, 0) is 30.4 Å². The molecule has 0 fully saturated rings. The van der Waals surface area contributed by atoms with Gasteiger partial charge in [-0.25, -0.2) is 4.98 Å². The normalized spacial score (nSPS) is 11.7. The maximum atomic E-state index is 12.8. The zero-order valence-electron chi connectivity index (χ0n) is 16.0. The number of Topliss-reactive ketones (excluding diaryl/α,β-unsaturated/α-hetero) is 2. The fourth-order valence-corrected chi connectivity index (χ4v) is 3.12. The number of alkyl halides is 3. The molecule has 10 heteroatoms. The first kappa shape index (κ1) is 20.5. The molecule has 0 saturated heterocycles. The van der Waals surface area contributed by atoms with Gasteiger partial charge in [0.2, 0.25) is 0 Å². The number of rotatable bonds is 7. The van der Waals surface area contributed by atoms with E-state index < -0.39 is 17.7 Å². The summed E-state index contributed by atoms with van der Waals surface area (Å²) in [7, 11) is 0. The quantitative estimate of drug-likeness (QED) is 0.417. The molecule has 3 aromatic heterocycles. The second-order valence-corrected chi connectivity index (χ2v) is 6.97. The average molecular weight is 428 g/mol. The Kier molecular flexibility index (Phi) is 5.37. The summed E-state index contributed by atoms with van der Waals surface area (Å²) in [6.07, 6.45) is -0.00192. The Morgan fingerprint density at radius 1 is 1.06 bits per heavy atom. The van der Waals surface area contributed by atoms with Crippen molar-refractivity contribution in [3.8, 4) is 0 Å². The molecule has 0 saturated carbocycles. The van der Waals surface area contributed by atoms with Crippen LogP contribution >= 0.6 is 0 Å². The minimum atomic E-state index is -4.62. The third-order valence-electron chi connectivity index (χ3n) is 4.53. The van der Waals surface area contributed by atoms with Crippen LogP contribution < -0.4 is 0 Å². The summed E-state index contributed by atoms with van der Waals surface area (Å²) >= 11 is 0. The number of carbonyl (C=O) groups excluding carboxylic acids is 2. The van der Waals surface area contributed by atoms with E-state index in [1.807, 2.05) is 0 Å². The van der Waals surface area contributed by atoms with Crippen molar-refractivity contribution in [3.63, 3.8) is 0 Å². The third-order valence-corrected chi connectivity index (χ3v) is 4.53. The molecule has 3 heterocycles. The van der Waals surface area contributed by atoms with E-state index in [-0.39, 0.29) is 30.9 Å². The van der Waals surface area contributed by atoms with E-state index in [9.17, 15) is 22.8 Å². The first-order valence-electron chi connectivity index (χ1n) is 9.21. The molecule has 0 radical (unpaired) electrons. The number of halogens is 3. The molecule has 4 aromatic rings. The molecule has 0 aliphatic heterocycles. The van der Waals surface area contributed by atoms with Crippen LogP contribution in [0.2, 0.25) is 0 Å². The van der Waals surface area contributed by atoms with Crippen molar-refractivity contribution in [1.82, 2.24) is 19.9 Å². The maximum Gasteiger partial charge on any atom is 0.433 e. The zero-order valence-corrected chi connectivity index (χ0v) is 16.0. The van der Waals surface area contributed by atoms with Crippen LogP contribution in [0.3, 0.4) is 0 Å². The van der Waals surface area contributed by atoms with Crippen LogP contribution in [0.5, 0.6) is 0 Å². The van der Waals surface area contributed by atoms with Crippen LogP contribution in [-0.4, -0.2) is 31.5 Å². The van der Waals surface area contributed by atoms with E-state index in [2.05, 4.69) is 15.2 Å². The summed E-state index contributed by atoms with van der Waals surface area (Å²) < 4.78 is 44.7. The van der Waals surface area contributed by atoms with Crippen LogP contribution in [0.15, 0.2) is 59.6 Å². The van der Waals surface area contributed by atoms with Crippen LogP contribution in [0.25, 0.3) is 10.9 Å². The number of ketones is 2. The third kappa shape index (κ3) is 4.85. The standard InChI is InChI=1S/C21H15F3N4O3/c22-21(23,24)20-3-1-2-18(26-20)19(30)8-13-4-5-17-15(6-13)10-28(27-17)11-16(29)7-14-9-25-31-12-14/h1-6,9-10,12H,7-8,11H2. The number of fused-ring (bicyclic) bond motifs is 1. The molecule has 158 valence electrons. The lowest BCUT2D eigenvalue weighted by atomic mass is 10.0. The van der Waals surface area contributed by atoms with Crippen molar-refractivity contribution < 1.29 is 27.3 Å². The highest BCUT2D eigenvalue weighted by molar-refractivity contribution is 5.96. The Hall–Kier alpha value is -3.82. The Labute approximate surface area is 173 Å². The van der Waals surface area contributed by atoms with Gasteiger partial charge in [0.1, 0.15) is 17.7 Å². The Morgan fingerprint density at radius 3 is 2.65 bits per heavy atom. The van der Waals surface area contributed by atoms with Crippen LogP contribution in [0.1, 0.15) is 27.3 Å². The molecule has 0 atom stereocenters. The molecule has 0 amide bonds. The fraction of sp³-hybridized carbons (Fsp3) is 0.190. The van der Waals surface area contributed by atoms with E-state index in [1.165, 1.54) is 23.2 Å². The van der Waals surface area contributed by atoms with Crippen molar-refractivity contribution in [2.75, 3.05) is 0 Å². The van der Waals surface area contributed by atoms with E-state index in [0.717, 1.165) is 12.1 Å². The number of pyridine rings is 1. The molecule has 0 N–H and O–H groups in total. The van der Waals surface area contributed by atoms with E-state index >= 15 is 0 Å². The topological polar surface area (TPSA) is 90.9 Å². The monoisotopic (exact) mass is 428 g/mol. The van der Waals surface area contributed by atoms with Crippen LogP contribution in [0, 0.1) is 0 Å². The van der Waals surface area contributed by atoms with Crippen molar-refractivity contribution in [2.24, 2.45) is 0 Å². The average Bonchev–Trinajstić information content (AvgIpc) is 3.36. The minimum Gasteiger partial charge on any atom is -0.364 e. The van der Waals surface area contributed by atoms with Gasteiger partial charge in [0.25, 0.3) is 0 Å². The predicted octanol–water partition coefficient (Wildman–Crippen LogP) is 3.68. The number of hydrogen-bond donors (Lipinski definition) is 0. The van der Waals surface area contributed by atoms with Gasteiger partial charge in [-0.1, -0.05) is 17.3 Å². The van der Waals surface area contributed by atoms with Crippen LogP contribution in [0.4, 0.5) is 13.2 Å². The molecular weight excluding hydrogens is 413 g/mol. The molecule has 7 nitrogen and oxygen atoms in total. The fourth-order valence-electron chi connectivity index (χ4n) is 3.12. The molecular formula is C21H15F3N4O3. The molecule has 0 unspecified atom stereocenters. The lowest BCUT2D eigenvalue weighted by Gasteiger charge is -2.07. The molecule has 4 rings (SSSR count). The summed E-state index contributed by atoms with van der Waals surface area (Å²) in [5, 5.41) is 8.59. The molecule has 0 spiro atoms. The van der Waals surface area contributed by atoms with Gasteiger partial charge in [-0.2, -0.15) is 18.3 Å². The summed E-state index contributed by atoms with van der Waals surface area (Å²) in [6, 6.07) is 8.32. The molecule has 0 aliphatic rings. The van der Waals surface area contributed by atoms with E-state index in [4.69, 9.17) is 4.52 Å². The summed E-state index contributed by atoms with van der Waals surface area (Å²) in [6.45, 7) is 0.0578. The van der Waals surface area contributed by atoms with Gasteiger partial charge in [-0.3, -0.25) is 14.3 Å². The molecule has 1 aromatic carbocycles. The van der Waals surface area contributed by atoms with Gasteiger partial charge in [0, 0.05) is 30.0 Å². The minimum absolute atomic E-state index is 0.0578. The lowest BCUT2D eigenvalue weighted by Crippen LogP contribution is -2.13. The van der Waals surface area contributed by atoms with Gasteiger partial charge >= 0.3 is 6.18 Å². The largest absolute Gasteiger partial charge is 0.433 e. The van der Waals surface area contributed by atoms with Gasteiger partial charge < -0.3 is 4.52 Å². The Bertz CT molecular complexity index is 1250. The van der Waals surface area contributed by atoms with E-state index in [0.29, 0.717) is 22.0 Å². The highest BCUT2D eigenvalue weighted by Crippen LogP contribution is 2.27. The first-order chi connectivity index (χ1) is 14.8. The second kappa shape index (κ2) is 8.13. The predicted molar refractivity (Wildman–Crippen MR) is 102 cm³/mol. The SMILES string of the molecule is O=C(Cc1cnoc1)Cn1cc2cc(CC(=O)c3cccc(C(F)(F)F)n3)ccc2n1.